The van der Waals surface area contributed by atoms with E-state index in [-0.39, 0.29) is 0 Å². The number of hydrogen-bond acceptors (Lipinski definition) is 2. The van der Waals surface area contributed by atoms with E-state index in [4.69, 9.17) is 9.97 Å². The molecular formula is C27H21N3. The third kappa shape index (κ3) is 2.32. The van der Waals surface area contributed by atoms with Crippen LogP contribution in [0.1, 0.15) is 16.8 Å². The molecule has 3 heterocycles. The van der Waals surface area contributed by atoms with Gasteiger partial charge < -0.3 is 0 Å². The summed E-state index contributed by atoms with van der Waals surface area (Å²) in [4.78, 5) is 9.91. The summed E-state index contributed by atoms with van der Waals surface area (Å²) in [6, 6.07) is 25.8. The molecule has 0 fully saturated rings. The third-order valence-corrected chi connectivity index (χ3v) is 6.10. The Morgan fingerprint density at radius 2 is 1.47 bits per heavy atom. The highest BCUT2D eigenvalue weighted by atomic mass is 15.0. The summed E-state index contributed by atoms with van der Waals surface area (Å²) in [7, 11) is 0. The van der Waals surface area contributed by atoms with Crippen molar-refractivity contribution in [3.05, 3.63) is 89.6 Å². The highest BCUT2D eigenvalue weighted by Gasteiger charge is 2.16. The van der Waals surface area contributed by atoms with Crippen LogP contribution >= 0.6 is 0 Å². The molecule has 0 bridgehead atoms. The van der Waals surface area contributed by atoms with Crippen molar-refractivity contribution in [2.45, 2.75) is 20.8 Å². The standard InChI is InChI=1S/C27H21N3/c1-16-7-6-8-17(2)25(16)19-12-14-23-21(15-19)26-20(13-11-18(3)28-26)27-29-22-9-4-5-10-24(22)30(23)27/h4-15H,1-3H3. The number of fused-ring (bicyclic) bond motifs is 8. The molecular weight excluding hydrogens is 366 g/mol. The van der Waals surface area contributed by atoms with Gasteiger partial charge in [-0.15, -0.1) is 0 Å². The van der Waals surface area contributed by atoms with E-state index in [0.29, 0.717) is 0 Å². The summed E-state index contributed by atoms with van der Waals surface area (Å²) in [6.45, 7) is 6.41. The van der Waals surface area contributed by atoms with E-state index in [9.17, 15) is 0 Å². The maximum absolute atomic E-state index is 4.95. The average molecular weight is 387 g/mol. The average Bonchev–Trinajstić information content (AvgIpc) is 3.13. The molecule has 3 aromatic heterocycles. The lowest BCUT2D eigenvalue weighted by molar-refractivity contribution is 1.25. The number of pyridine rings is 2. The minimum absolute atomic E-state index is 0.964. The Morgan fingerprint density at radius 3 is 2.30 bits per heavy atom. The zero-order chi connectivity index (χ0) is 20.4. The normalized spacial score (nSPS) is 11.8. The number of benzene rings is 3. The molecule has 0 aliphatic rings. The van der Waals surface area contributed by atoms with Gasteiger partial charge in [-0.3, -0.25) is 9.38 Å². The van der Waals surface area contributed by atoms with Crippen molar-refractivity contribution in [1.82, 2.24) is 14.4 Å². The van der Waals surface area contributed by atoms with E-state index in [2.05, 4.69) is 85.0 Å². The number of aromatic nitrogens is 3. The maximum Gasteiger partial charge on any atom is 0.147 e. The molecule has 30 heavy (non-hydrogen) atoms. The molecule has 0 radical (unpaired) electrons. The van der Waals surface area contributed by atoms with Crippen LogP contribution in [-0.4, -0.2) is 14.4 Å². The van der Waals surface area contributed by atoms with Gasteiger partial charge in [0.1, 0.15) is 5.65 Å². The Labute approximate surface area is 174 Å². The zero-order valence-corrected chi connectivity index (χ0v) is 17.3. The third-order valence-electron chi connectivity index (χ3n) is 6.10. The SMILES string of the molecule is Cc1ccc2c(n1)c1cc(-c3c(C)cccc3C)ccc1n1c3ccccc3nc21. The molecule has 6 rings (SSSR count). The molecule has 0 unspecified atom stereocenters. The molecule has 0 saturated carbocycles. The first-order chi connectivity index (χ1) is 14.6. The Hall–Kier alpha value is -3.72. The zero-order valence-electron chi connectivity index (χ0n) is 17.3. The molecule has 3 aromatic carbocycles. The fourth-order valence-corrected chi connectivity index (χ4v) is 4.74. The summed E-state index contributed by atoms with van der Waals surface area (Å²) in [5.74, 6) is 0. The number of para-hydroxylation sites is 2. The number of rotatable bonds is 1. The van der Waals surface area contributed by atoms with Gasteiger partial charge >= 0.3 is 0 Å². The Kier molecular flexibility index (Phi) is 3.51. The van der Waals surface area contributed by atoms with Gasteiger partial charge in [0.2, 0.25) is 0 Å². The summed E-state index contributed by atoms with van der Waals surface area (Å²) >= 11 is 0. The van der Waals surface area contributed by atoms with Crippen molar-refractivity contribution in [3.8, 4) is 11.1 Å². The molecule has 0 aliphatic heterocycles. The molecule has 0 amide bonds. The van der Waals surface area contributed by atoms with Crippen molar-refractivity contribution < 1.29 is 0 Å². The molecule has 0 saturated heterocycles. The van der Waals surface area contributed by atoms with Crippen LogP contribution in [0.5, 0.6) is 0 Å². The lowest BCUT2D eigenvalue weighted by atomic mass is 9.94. The van der Waals surface area contributed by atoms with Gasteiger partial charge in [-0.25, -0.2) is 4.98 Å². The second kappa shape index (κ2) is 6.14. The second-order valence-corrected chi connectivity index (χ2v) is 8.11. The Bertz CT molecular complexity index is 1600. The Morgan fingerprint density at radius 1 is 0.667 bits per heavy atom. The van der Waals surface area contributed by atoms with Gasteiger partial charge in [-0.1, -0.05) is 36.4 Å². The van der Waals surface area contributed by atoms with Crippen LogP contribution in [0.3, 0.4) is 0 Å². The fraction of sp³-hybridized carbons (Fsp3) is 0.111. The van der Waals surface area contributed by atoms with Crippen LogP contribution in [0, 0.1) is 20.8 Å². The van der Waals surface area contributed by atoms with E-state index in [1.54, 1.807) is 0 Å². The fourth-order valence-electron chi connectivity index (χ4n) is 4.74. The van der Waals surface area contributed by atoms with Crippen LogP contribution in [0.4, 0.5) is 0 Å². The minimum atomic E-state index is 0.964. The summed E-state index contributed by atoms with van der Waals surface area (Å²) in [6.07, 6.45) is 0. The van der Waals surface area contributed by atoms with Crippen LogP contribution < -0.4 is 0 Å². The molecule has 0 atom stereocenters. The molecule has 144 valence electrons. The van der Waals surface area contributed by atoms with Crippen molar-refractivity contribution in [2.24, 2.45) is 0 Å². The molecule has 0 aliphatic carbocycles. The van der Waals surface area contributed by atoms with Gasteiger partial charge in [-0.05, 0) is 79.4 Å². The van der Waals surface area contributed by atoms with Crippen molar-refractivity contribution in [2.75, 3.05) is 0 Å². The van der Waals surface area contributed by atoms with Gasteiger partial charge in [0.05, 0.1) is 22.1 Å². The van der Waals surface area contributed by atoms with Gasteiger partial charge in [-0.2, -0.15) is 0 Å². The van der Waals surface area contributed by atoms with Crippen LogP contribution in [0.2, 0.25) is 0 Å². The second-order valence-electron chi connectivity index (χ2n) is 8.11. The molecule has 3 heteroatoms. The van der Waals surface area contributed by atoms with Crippen molar-refractivity contribution in [3.63, 3.8) is 0 Å². The Balaban J connectivity index is 1.84. The summed E-state index contributed by atoms with van der Waals surface area (Å²) in [5.41, 5.74) is 11.4. The quantitative estimate of drug-likeness (QED) is 0.291. The van der Waals surface area contributed by atoms with Gasteiger partial charge in [0.25, 0.3) is 0 Å². The number of nitrogens with zero attached hydrogens (tertiary/aromatic N) is 3. The van der Waals surface area contributed by atoms with E-state index >= 15 is 0 Å². The van der Waals surface area contributed by atoms with Gasteiger partial charge in [0.15, 0.2) is 0 Å². The van der Waals surface area contributed by atoms with E-state index in [0.717, 1.165) is 44.2 Å². The smallest absolute Gasteiger partial charge is 0.147 e. The lowest BCUT2D eigenvalue weighted by Gasteiger charge is -2.13. The van der Waals surface area contributed by atoms with Crippen LogP contribution in [-0.2, 0) is 0 Å². The van der Waals surface area contributed by atoms with Crippen LogP contribution in [0.15, 0.2) is 72.8 Å². The highest BCUT2D eigenvalue weighted by Crippen LogP contribution is 2.35. The predicted molar refractivity (Wildman–Crippen MR) is 125 cm³/mol. The first-order valence-electron chi connectivity index (χ1n) is 10.3. The van der Waals surface area contributed by atoms with Crippen LogP contribution in [0.25, 0.3) is 49.6 Å². The maximum atomic E-state index is 4.95. The highest BCUT2D eigenvalue weighted by molar-refractivity contribution is 6.12. The van der Waals surface area contributed by atoms with Gasteiger partial charge in [0, 0.05) is 16.5 Å². The molecule has 6 aromatic rings. The van der Waals surface area contributed by atoms with E-state index in [1.165, 1.54) is 22.3 Å². The summed E-state index contributed by atoms with van der Waals surface area (Å²) in [5, 5.41) is 2.24. The van der Waals surface area contributed by atoms with E-state index < -0.39 is 0 Å². The minimum Gasteiger partial charge on any atom is -0.292 e. The lowest BCUT2D eigenvalue weighted by Crippen LogP contribution is -1.95. The number of aryl methyl sites for hydroxylation is 3. The monoisotopic (exact) mass is 387 g/mol. The molecule has 3 nitrogen and oxygen atoms in total. The predicted octanol–water partition coefficient (Wildman–Crippen LogP) is 6.78. The topological polar surface area (TPSA) is 30.2 Å². The van der Waals surface area contributed by atoms with Crippen molar-refractivity contribution >= 4 is 38.5 Å². The first-order valence-corrected chi connectivity index (χ1v) is 10.3. The number of hydrogen-bond donors (Lipinski definition) is 0. The summed E-state index contributed by atoms with van der Waals surface area (Å²) < 4.78 is 2.28. The molecule has 0 N–H and O–H groups in total. The van der Waals surface area contributed by atoms with E-state index in [1.807, 2.05) is 13.0 Å². The first kappa shape index (κ1) is 17.2. The van der Waals surface area contributed by atoms with Crippen molar-refractivity contribution in [1.29, 1.82) is 0 Å². The molecule has 0 spiro atoms. The number of imidazole rings is 1. The largest absolute Gasteiger partial charge is 0.292 e.